The number of rotatable bonds is 6. The maximum atomic E-state index is 12.6. The number of amides is 1. The van der Waals surface area contributed by atoms with Gasteiger partial charge in [-0.2, -0.15) is 0 Å². The quantitative estimate of drug-likeness (QED) is 0.676. The molecule has 0 unspecified atom stereocenters. The molecule has 6 heteroatoms. The van der Waals surface area contributed by atoms with Crippen LogP contribution in [0.2, 0.25) is 0 Å². The number of carbonyl (C=O) groups excluding carboxylic acids is 1. The SMILES string of the molecule is CCOc1ccc(Nc2nccc(C(=O)Nc3cccc(C)c3C)n2)cc1. The molecule has 0 saturated heterocycles. The molecule has 6 nitrogen and oxygen atoms in total. The molecule has 0 radical (unpaired) electrons. The fourth-order valence-corrected chi connectivity index (χ4v) is 2.55. The van der Waals surface area contributed by atoms with Crippen LogP contribution < -0.4 is 15.4 Å². The first kappa shape index (κ1) is 18.4. The fraction of sp³-hybridized carbons (Fsp3) is 0.190. The Labute approximate surface area is 158 Å². The van der Waals surface area contributed by atoms with E-state index in [-0.39, 0.29) is 5.91 Å². The first-order valence-corrected chi connectivity index (χ1v) is 8.77. The Morgan fingerprint density at radius 3 is 2.59 bits per heavy atom. The van der Waals surface area contributed by atoms with E-state index in [1.165, 1.54) is 0 Å². The smallest absolute Gasteiger partial charge is 0.274 e. The zero-order valence-electron chi connectivity index (χ0n) is 15.6. The summed E-state index contributed by atoms with van der Waals surface area (Å²) >= 11 is 0. The van der Waals surface area contributed by atoms with Crippen molar-refractivity contribution in [2.75, 3.05) is 17.2 Å². The molecule has 3 aromatic rings. The molecule has 0 aliphatic heterocycles. The normalized spacial score (nSPS) is 10.3. The van der Waals surface area contributed by atoms with Crippen LogP contribution >= 0.6 is 0 Å². The second kappa shape index (κ2) is 8.31. The van der Waals surface area contributed by atoms with Crippen LogP contribution in [0.1, 0.15) is 28.5 Å². The van der Waals surface area contributed by atoms with E-state index in [1.807, 2.05) is 63.2 Å². The zero-order valence-corrected chi connectivity index (χ0v) is 15.6. The van der Waals surface area contributed by atoms with Gasteiger partial charge in [-0.25, -0.2) is 9.97 Å². The van der Waals surface area contributed by atoms with Crippen molar-refractivity contribution in [3.8, 4) is 5.75 Å². The average Bonchev–Trinajstić information content (AvgIpc) is 2.67. The number of carbonyl (C=O) groups is 1. The number of aryl methyl sites for hydroxylation is 1. The minimum atomic E-state index is -0.277. The summed E-state index contributed by atoms with van der Waals surface area (Å²) in [6.45, 7) is 6.54. The van der Waals surface area contributed by atoms with Crippen molar-refractivity contribution in [2.24, 2.45) is 0 Å². The Kier molecular flexibility index (Phi) is 5.66. The number of anilines is 3. The highest BCUT2D eigenvalue weighted by Gasteiger charge is 2.11. The first-order valence-electron chi connectivity index (χ1n) is 8.77. The minimum absolute atomic E-state index is 0.277. The van der Waals surface area contributed by atoms with E-state index >= 15 is 0 Å². The minimum Gasteiger partial charge on any atom is -0.494 e. The molecule has 1 heterocycles. The van der Waals surface area contributed by atoms with Gasteiger partial charge in [0.25, 0.3) is 5.91 Å². The molecule has 2 N–H and O–H groups in total. The highest BCUT2D eigenvalue weighted by Crippen LogP contribution is 2.20. The van der Waals surface area contributed by atoms with Gasteiger partial charge in [0.15, 0.2) is 0 Å². The summed E-state index contributed by atoms with van der Waals surface area (Å²) in [6.07, 6.45) is 1.56. The molecule has 0 atom stereocenters. The maximum Gasteiger partial charge on any atom is 0.274 e. The number of aromatic nitrogens is 2. The van der Waals surface area contributed by atoms with Gasteiger partial charge in [-0.15, -0.1) is 0 Å². The molecule has 0 aliphatic carbocycles. The summed E-state index contributed by atoms with van der Waals surface area (Å²) in [5.74, 6) is 0.874. The molecular formula is C21H22N4O2. The van der Waals surface area contributed by atoms with Crippen molar-refractivity contribution in [1.82, 2.24) is 9.97 Å². The van der Waals surface area contributed by atoms with Gasteiger partial charge in [-0.05, 0) is 68.3 Å². The van der Waals surface area contributed by atoms with Crippen LogP contribution in [0.5, 0.6) is 5.75 Å². The molecule has 27 heavy (non-hydrogen) atoms. The van der Waals surface area contributed by atoms with Crippen LogP contribution in [-0.2, 0) is 0 Å². The van der Waals surface area contributed by atoms with E-state index in [9.17, 15) is 4.79 Å². The third kappa shape index (κ3) is 4.61. The highest BCUT2D eigenvalue weighted by molar-refractivity contribution is 6.03. The number of ether oxygens (including phenoxy) is 1. The predicted molar refractivity (Wildman–Crippen MR) is 107 cm³/mol. The van der Waals surface area contributed by atoms with Crippen molar-refractivity contribution < 1.29 is 9.53 Å². The monoisotopic (exact) mass is 362 g/mol. The van der Waals surface area contributed by atoms with Gasteiger partial charge in [0.05, 0.1) is 6.61 Å². The van der Waals surface area contributed by atoms with Crippen LogP contribution in [0.15, 0.2) is 54.7 Å². The summed E-state index contributed by atoms with van der Waals surface area (Å²) in [7, 11) is 0. The first-order chi connectivity index (χ1) is 13.1. The van der Waals surface area contributed by atoms with Crippen molar-refractivity contribution in [3.63, 3.8) is 0 Å². The Morgan fingerprint density at radius 1 is 1.07 bits per heavy atom. The summed E-state index contributed by atoms with van der Waals surface area (Å²) in [6, 6.07) is 14.9. The lowest BCUT2D eigenvalue weighted by atomic mass is 10.1. The van der Waals surface area contributed by atoms with Gasteiger partial charge in [0, 0.05) is 17.6 Å². The molecule has 3 rings (SSSR count). The molecule has 1 aromatic heterocycles. The Balaban J connectivity index is 1.72. The molecule has 2 aromatic carbocycles. The summed E-state index contributed by atoms with van der Waals surface area (Å²) in [4.78, 5) is 21.0. The van der Waals surface area contributed by atoms with Crippen LogP contribution in [0, 0.1) is 13.8 Å². The van der Waals surface area contributed by atoms with Crippen molar-refractivity contribution in [3.05, 3.63) is 71.5 Å². The lowest BCUT2D eigenvalue weighted by molar-refractivity contribution is 0.102. The number of hydrogen-bond donors (Lipinski definition) is 2. The largest absolute Gasteiger partial charge is 0.494 e. The van der Waals surface area contributed by atoms with E-state index in [2.05, 4.69) is 20.6 Å². The van der Waals surface area contributed by atoms with Crippen LogP contribution in [0.3, 0.4) is 0 Å². The Morgan fingerprint density at radius 2 is 1.85 bits per heavy atom. The molecule has 0 bridgehead atoms. The summed E-state index contributed by atoms with van der Waals surface area (Å²) in [5.41, 5.74) is 4.03. The third-order valence-electron chi connectivity index (χ3n) is 4.16. The topological polar surface area (TPSA) is 76.1 Å². The van der Waals surface area contributed by atoms with E-state index in [1.54, 1.807) is 12.3 Å². The Hall–Kier alpha value is -3.41. The second-order valence-electron chi connectivity index (χ2n) is 6.05. The van der Waals surface area contributed by atoms with Crippen LogP contribution in [0.25, 0.3) is 0 Å². The molecule has 0 spiro atoms. The average molecular weight is 362 g/mol. The van der Waals surface area contributed by atoms with Crippen LogP contribution in [0.4, 0.5) is 17.3 Å². The van der Waals surface area contributed by atoms with E-state index < -0.39 is 0 Å². The molecule has 1 amide bonds. The van der Waals surface area contributed by atoms with Gasteiger partial charge in [-0.1, -0.05) is 12.1 Å². The molecule has 0 fully saturated rings. The molecule has 0 aliphatic rings. The lowest BCUT2D eigenvalue weighted by Crippen LogP contribution is -2.15. The lowest BCUT2D eigenvalue weighted by Gasteiger charge is -2.11. The van der Waals surface area contributed by atoms with Crippen LogP contribution in [-0.4, -0.2) is 22.5 Å². The van der Waals surface area contributed by atoms with Gasteiger partial charge < -0.3 is 15.4 Å². The molecule has 138 valence electrons. The summed E-state index contributed by atoms with van der Waals surface area (Å²) < 4.78 is 5.42. The van der Waals surface area contributed by atoms with Gasteiger partial charge in [-0.3, -0.25) is 4.79 Å². The van der Waals surface area contributed by atoms with Crippen molar-refractivity contribution >= 4 is 23.2 Å². The van der Waals surface area contributed by atoms with Gasteiger partial charge >= 0.3 is 0 Å². The number of nitrogens with one attached hydrogen (secondary N) is 2. The Bertz CT molecular complexity index is 939. The molecular weight excluding hydrogens is 340 g/mol. The van der Waals surface area contributed by atoms with E-state index in [4.69, 9.17) is 4.74 Å². The van der Waals surface area contributed by atoms with Gasteiger partial charge in [0.2, 0.25) is 5.95 Å². The van der Waals surface area contributed by atoms with E-state index in [0.29, 0.717) is 18.2 Å². The standard InChI is InChI=1S/C21H22N4O2/c1-4-27-17-10-8-16(9-11-17)23-21-22-13-12-19(25-21)20(26)24-18-7-5-6-14(2)15(18)3/h5-13H,4H2,1-3H3,(H,24,26)(H,22,23,25). The maximum absolute atomic E-state index is 12.6. The number of hydrogen-bond acceptors (Lipinski definition) is 5. The van der Waals surface area contributed by atoms with Crippen molar-refractivity contribution in [2.45, 2.75) is 20.8 Å². The third-order valence-corrected chi connectivity index (χ3v) is 4.16. The fourth-order valence-electron chi connectivity index (χ4n) is 2.55. The predicted octanol–water partition coefficient (Wildman–Crippen LogP) is 4.49. The zero-order chi connectivity index (χ0) is 19.2. The second-order valence-corrected chi connectivity index (χ2v) is 6.05. The number of nitrogens with zero attached hydrogens (tertiary/aromatic N) is 2. The van der Waals surface area contributed by atoms with Gasteiger partial charge in [0.1, 0.15) is 11.4 Å². The van der Waals surface area contributed by atoms with E-state index in [0.717, 1.165) is 28.3 Å². The number of benzene rings is 2. The highest BCUT2D eigenvalue weighted by atomic mass is 16.5. The van der Waals surface area contributed by atoms with Crippen molar-refractivity contribution in [1.29, 1.82) is 0 Å². The summed E-state index contributed by atoms with van der Waals surface area (Å²) in [5, 5.41) is 6.00. The molecule has 0 saturated carbocycles.